The Morgan fingerprint density at radius 3 is 2.52 bits per heavy atom. The van der Waals surface area contributed by atoms with Gasteiger partial charge in [0.05, 0.1) is 11.2 Å². The molecule has 4 rings (SSSR count). The number of unbranched alkanes of at least 4 members (excludes halogenated alkanes) is 1. The number of aromatic nitrogens is 3. The number of urea groups is 1. The number of fused-ring (bicyclic) bond motifs is 1. The van der Waals surface area contributed by atoms with Gasteiger partial charge in [0.15, 0.2) is 5.82 Å². The Bertz CT molecular complexity index is 1070. The van der Waals surface area contributed by atoms with Gasteiger partial charge >= 0.3 is 6.03 Å². The number of carbonyl (C=O) groups is 1. The molecule has 8 nitrogen and oxygen atoms in total. The largest absolute Gasteiger partial charge is 0.368 e. The Kier molecular flexibility index (Phi) is 6.11. The molecule has 162 valence electrons. The van der Waals surface area contributed by atoms with E-state index >= 15 is 0 Å². The third-order valence-corrected chi connectivity index (χ3v) is 5.35. The highest BCUT2D eigenvalue weighted by atomic mass is 19.1. The summed E-state index contributed by atoms with van der Waals surface area (Å²) < 4.78 is 13.3. The van der Waals surface area contributed by atoms with Crippen molar-refractivity contribution in [3.05, 3.63) is 42.2 Å². The number of anilines is 2. The van der Waals surface area contributed by atoms with Crippen LogP contribution in [0.4, 0.5) is 21.0 Å². The molecular formula is C22H26FN7O. The van der Waals surface area contributed by atoms with Crippen molar-refractivity contribution >= 4 is 28.8 Å². The van der Waals surface area contributed by atoms with Crippen molar-refractivity contribution in [3.8, 4) is 11.3 Å². The van der Waals surface area contributed by atoms with E-state index in [0.29, 0.717) is 55.3 Å². The van der Waals surface area contributed by atoms with Gasteiger partial charge in [-0.1, -0.05) is 13.3 Å². The molecule has 1 saturated heterocycles. The number of carbonyl (C=O) groups excluding carboxylic acids is 1. The summed E-state index contributed by atoms with van der Waals surface area (Å²) in [6.45, 7) is 5.20. The Morgan fingerprint density at radius 1 is 1.06 bits per heavy atom. The molecular weight excluding hydrogens is 397 g/mol. The average Bonchev–Trinajstić information content (AvgIpc) is 2.79. The van der Waals surface area contributed by atoms with E-state index in [2.05, 4.69) is 27.1 Å². The number of hydrogen-bond donors (Lipinski definition) is 2. The van der Waals surface area contributed by atoms with Crippen molar-refractivity contribution < 1.29 is 9.18 Å². The van der Waals surface area contributed by atoms with Crippen LogP contribution in [-0.2, 0) is 0 Å². The maximum Gasteiger partial charge on any atom is 0.317 e. The molecule has 3 N–H and O–H groups in total. The monoisotopic (exact) mass is 423 g/mol. The van der Waals surface area contributed by atoms with E-state index in [1.807, 2.05) is 17.0 Å². The Morgan fingerprint density at radius 2 is 1.81 bits per heavy atom. The third kappa shape index (κ3) is 4.65. The smallest absolute Gasteiger partial charge is 0.317 e. The molecule has 0 atom stereocenters. The van der Waals surface area contributed by atoms with Crippen LogP contribution in [0.25, 0.3) is 22.3 Å². The van der Waals surface area contributed by atoms with Crippen LogP contribution in [0.15, 0.2) is 36.4 Å². The lowest BCUT2D eigenvalue weighted by atomic mass is 10.1. The Labute approximate surface area is 180 Å². The molecule has 3 heterocycles. The molecule has 0 aliphatic carbocycles. The van der Waals surface area contributed by atoms with Gasteiger partial charge < -0.3 is 20.9 Å². The van der Waals surface area contributed by atoms with Crippen LogP contribution < -0.4 is 16.0 Å². The summed E-state index contributed by atoms with van der Waals surface area (Å²) >= 11 is 0. The zero-order valence-electron chi connectivity index (χ0n) is 17.5. The van der Waals surface area contributed by atoms with Gasteiger partial charge in [-0.3, -0.25) is 0 Å². The van der Waals surface area contributed by atoms with E-state index in [9.17, 15) is 9.18 Å². The molecule has 1 aliphatic heterocycles. The molecule has 2 aromatic heterocycles. The standard InChI is InChI=1S/C22H26FN7O/c1-2-3-10-25-22(31)30-13-11-29(12-14-30)20-19-18(27-21(24)28-20)9-8-17(26-19)15-4-6-16(23)7-5-15/h4-9H,2-3,10-14H2,1H3,(H,25,31)(H2,24,27,28). The Balaban J connectivity index is 1.56. The Hall–Kier alpha value is -3.49. The van der Waals surface area contributed by atoms with Crippen molar-refractivity contribution in [2.24, 2.45) is 0 Å². The molecule has 0 radical (unpaired) electrons. The molecule has 31 heavy (non-hydrogen) atoms. The number of pyridine rings is 1. The molecule has 0 bridgehead atoms. The van der Waals surface area contributed by atoms with Gasteiger partial charge in [0, 0.05) is 38.3 Å². The maximum atomic E-state index is 13.3. The number of nitrogen functional groups attached to an aromatic ring is 1. The minimum atomic E-state index is -0.294. The molecule has 1 fully saturated rings. The van der Waals surface area contributed by atoms with Gasteiger partial charge in [0.1, 0.15) is 11.3 Å². The third-order valence-electron chi connectivity index (χ3n) is 5.35. The molecule has 0 saturated carbocycles. The lowest BCUT2D eigenvalue weighted by Gasteiger charge is -2.35. The van der Waals surface area contributed by atoms with E-state index < -0.39 is 0 Å². The van der Waals surface area contributed by atoms with Gasteiger partial charge in [-0.25, -0.2) is 19.2 Å². The first-order chi connectivity index (χ1) is 15.0. The van der Waals surface area contributed by atoms with E-state index in [1.54, 1.807) is 12.1 Å². The lowest BCUT2D eigenvalue weighted by Crippen LogP contribution is -2.52. The summed E-state index contributed by atoms with van der Waals surface area (Å²) in [4.78, 5) is 29.7. The first-order valence-corrected chi connectivity index (χ1v) is 10.5. The van der Waals surface area contributed by atoms with Gasteiger partial charge in [0.25, 0.3) is 0 Å². The van der Waals surface area contributed by atoms with E-state index in [0.717, 1.165) is 18.4 Å². The van der Waals surface area contributed by atoms with E-state index in [4.69, 9.17) is 10.7 Å². The van der Waals surface area contributed by atoms with Crippen LogP contribution >= 0.6 is 0 Å². The maximum absolute atomic E-state index is 13.3. The number of rotatable bonds is 5. The van der Waals surface area contributed by atoms with Gasteiger partial charge in [-0.2, -0.15) is 4.98 Å². The molecule has 1 aliphatic rings. The van der Waals surface area contributed by atoms with Crippen LogP contribution in [0, 0.1) is 5.82 Å². The van der Waals surface area contributed by atoms with Crippen LogP contribution in [-0.4, -0.2) is 58.6 Å². The normalized spacial score (nSPS) is 14.1. The number of piperazine rings is 1. The molecule has 3 aromatic rings. The number of nitrogens with one attached hydrogen (secondary N) is 1. The highest BCUT2D eigenvalue weighted by Gasteiger charge is 2.24. The first-order valence-electron chi connectivity index (χ1n) is 10.5. The summed E-state index contributed by atoms with van der Waals surface area (Å²) in [5.41, 5.74) is 8.74. The van der Waals surface area contributed by atoms with Gasteiger partial charge in [-0.15, -0.1) is 0 Å². The van der Waals surface area contributed by atoms with Crippen molar-refractivity contribution in [2.45, 2.75) is 19.8 Å². The summed E-state index contributed by atoms with van der Waals surface area (Å²) in [6, 6.07) is 9.86. The second-order valence-electron chi connectivity index (χ2n) is 7.54. The number of benzene rings is 1. The minimum absolute atomic E-state index is 0.0307. The molecule has 2 amide bonds. The summed E-state index contributed by atoms with van der Waals surface area (Å²) in [5, 5.41) is 2.96. The second-order valence-corrected chi connectivity index (χ2v) is 7.54. The van der Waals surface area contributed by atoms with Gasteiger partial charge in [-0.05, 0) is 42.8 Å². The lowest BCUT2D eigenvalue weighted by molar-refractivity contribution is 0.194. The summed E-state index contributed by atoms with van der Waals surface area (Å²) in [7, 11) is 0. The molecule has 0 unspecified atom stereocenters. The molecule has 0 spiro atoms. The number of halogens is 1. The first kappa shape index (κ1) is 20.8. The fourth-order valence-electron chi connectivity index (χ4n) is 3.62. The number of amides is 2. The fraction of sp³-hybridized carbons (Fsp3) is 0.364. The van der Waals surface area contributed by atoms with Crippen LogP contribution in [0.2, 0.25) is 0 Å². The fourth-order valence-corrected chi connectivity index (χ4v) is 3.62. The van der Waals surface area contributed by atoms with Crippen molar-refractivity contribution in [1.29, 1.82) is 0 Å². The minimum Gasteiger partial charge on any atom is -0.368 e. The van der Waals surface area contributed by atoms with Crippen LogP contribution in [0.3, 0.4) is 0 Å². The number of nitrogens with two attached hydrogens (primary N) is 1. The van der Waals surface area contributed by atoms with Crippen molar-refractivity contribution in [3.63, 3.8) is 0 Å². The van der Waals surface area contributed by atoms with Gasteiger partial charge in [0.2, 0.25) is 5.95 Å². The quantitative estimate of drug-likeness (QED) is 0.612. The molecule has 9 heteroatoms. The summed E-state index contributed by atoms with van der Waals surface area (Å²) in [6.07, 6.45) is 2.02. The number of hydrogen-bond acceptors (Lipinski definition) is 6. The topological polar surface area (TPSA) is 100 Å². The number of nitrogens with zero attached hydrogens (tertiary/aromatic N) is 5. The predicted molar refractivity (Wildman–Crippen MR) is 119 cm³/mol. The molecule has 1 aromatic carbocycles. The second kappa shape index (κ2) is 9.11. The SMILES string of the molecule is CCCCNC(=O)N1CCN(c2nc(N)nc3ccc(-c4ccc(F)cc4)nc23)CC1. The van der Waals surface area contributed by atoms with E-state index in [1.165, 1.54) is 12.1 Å². The van der Waals surface area contributed by atoms with E-state index in [-0.39, 0.29) is 17.8 Å². The zero-order valence-corrected chi connectivity index (χ0v) is 17.5. The average molecular weight is 423 g/mol. The highest BCUT2D eigenvalue weighted by Crippen LogP contribution is 2.27. The van der Waals surface area contributed by atoms with Crippen LogP contribution in [0.5, 0.6) is 0 Å². The predicted octanol–water partition coefficient (Wildman–Crippen LogP) is 3.04. The summed E-state index contributed by atoms with van der Waals surface area (Å²) in [5.74, 6) is 0.536. The van der Waals surface area contributed by atoms with Crippen LogP contribution in [0.1, 0.15) is 19.8 Å². The zero-order chi connectivity index (χ0) is 21.8. The van der Waals surface area contributed by atoms with Crippen molar-refractivity contribution in [2.75, 3.05) is 43.4 Å². The van der Waals surface area contributed by atoms with Crippen molar-refractivity contribution in [1.82, 2.24) is 25.2 Å². The highest BCUT2D eigenvalue weighted by molar-refractivity contribution is 5.88.